The molecule has 1 atom stereocenters. The van der Waals surface area contributed by atoms with Crippen molar-refractivity contribution in [3.8, 4) is 0 Å². The number of hydrogen-bond donors (Lipinski definition) is 1. The van der Waals surface area contributed by atoms with E-state index in [4.69, 9.17) is 0 Å². The van der Waals surface area contributed by atoms with Gasteiger partial charge in [0.25, 0.3) is 5.91 Å². The van der Waals surface area contributed by atoms with Crippen molar-refractivity contribution in [3.05, 3.63) is 41.9 Å². The fraction of sp³-hybridized carbons (Fsp3) is 0.471. The minimum absolute atomic E-state index is 0.0572. The van der Waals surface area contributed by atoms with Crippen molar-refractivity contribution in [2.24, 2.45) is 7.05 Å². The van der Waals surface area contributed by atoms with Crippen LogP contribution < -0.4 is 5.32 Å². The molecule has 1 unspecified atom stereocenters. The third kappa shape index (κ3) is 2.93. The van der Waals surface area contributed by atoms with Gasteiger partial charge in [0.2, 0.25) is 0 Å². The molecule has 3 heterocycles. The zero-order chi connectivity index (χ0) is 15.8. The molecule has 23 heavy (non-hydrogen) atoms. The van der Waals surface area contributed by atoms with Gasteiger partial charge in [-0.2, -0.15) is 5.10 Å². The largest absolute Gasteiger partial charge is 0.367 e. The number of hydrogen-bond acceptors (Lipinski definition) is 4. The summed E-state index contributed by atoms with van der Waals surface area (Å²) in [6.45, 7) is 0.792. The Morgan fingerprint density at radius 1 is 1.26 bits per heavy atom. The Morgan fingerprint density at radius 2 is 2.13 bits per heavy atom. The van der Waals surface area contributed by atoms with E-state index in [9.17, 15) is 4.79 Å². The van der Waals surface area contributed by atoms with Gasteiger partial charge in [-0.3, -0.25) is 9.48 Å². The van der Waals surface area contributed by atoms with Gasteiger partial charge in [0.1, 0.15) is 5.82 Å². The van der Waals surface area contributed by atoms with E-state index in [0.717, 1.165) is 30.8 Å². The van der Waals surface area contributed by atoms with Gasteiger partial charge in [0.15, 0.2) is 0 Å². The van der Waals surface area contributed by atoms with Crippen LogP contribution in [0.25, 0.3) is 0 Å². The number of rotatable bonds is 4. The van der Waals surface area contributed by atoms with Crippen molar-refractivity contribution in [1.29, 1.82) is 0 Å². The first kappa shape index (κ1) is 14.2. The van der Waals surface area contributed by atoms with E-state index >= 15 is 0 Å². The number of likely N-dealkylation sites (tertiary alicyclic amines) is 1. The number of nitrogens with zero attached hydrogens (tertiary/aromatic N) is 4. The van der Waals surface area contributed by atoms with Crippen LogP contribution in [0.2, 0.25) is 0 Å². The van der Waals surface area contributed by atoms with E-state index in [-0.39, 0.29) is 11.9 Å². The van der Waals surface area contributed by atoms with Crippen molar-refractivity contribution in [1.82, 2.24) is 19.7 Å². The third-order valence-electron chi connectivity index (χ3n) is 4.56. The maximum atomic E-state index is 12.8. The molecular formula is C17H21N5O. The molecule has 1 saturated heterocycles. The van der Waals surface area contributed by atoms with Gasteiger partial charge >= 0.3 is 0 Å². The Morgan fingerprint density at radius 3 is 2.78 bits per heavy atom. The molecule has 0 spiro atoms. The first-order valence-corrected chi connectivity index (χ1v) is 8.23. The normalized spacial score (nSPS) is 20.7. The Bertz CT molecular complexity index is 704. The fourth-order valence-electron chi connectivity index (χ4n) is 3.18. The number of aryl methyl sites for hydroxylation is 1. The van der Waals surface area contributed by atoms with Gasteiger partial charge in [-0.15, -0.1) is 0 Å². The van der Waals surface area contributed by atoms with E-state index in [0.29, 0.717) is 11.6 Å². The summed E-state index contributed by atoms with van der Waals surface area (Å²) in [6.07, 6.45) is 9.98. The Hall–Kier alpha value is -2.37. The number of pyridine rings is 1. The van der Waals surface area contributed by atoms with Gasteiger partial charge in [-0.1, -0.05) is 0 Å². The molecule has 0 bridgehead atoms. The average Bonchev–Trinajstić information content (AvgIpc) is 3.07. The number of amides is 1. The second kappa shape index (κ2) is 5.68. The summed E-state index contributed by atoms with van der Waals surface area (Å²) in [5.74, 6) is 0.913. The summed E-state index contributed by atoms with van der Waals surface area (Å²) < 4.78 is 1.79. The van der Waals surface area contributed by atoms with E-state index in [1.165, 1.54) is 12.8 Å². The molecule has 2 aromatic heterocycles. The van der Waals surface area contributed by atoms with E-state index in [2.05, 4.69) is 15.4 Å². The lowest BCUT2D eigenvalue weighted by molar-refractivity contribution is 0.0735. The zero-order valence-corrected chi connectivity index (χ0v) is 13.3. The van der Waals surface area contributed by atoms with Crippen LogP contribution in [-0.4, -0.2) is 38.2 Å². The summed E-state index contributed by atoms with van der Waals surface area (Å²) in [7, 11) is 1.90. The van der Waals surface area contributed by atoms with Crippen LogP contribution in [0.3, 0.4) is 0 Å². The van der Waals surface area contributed by atoms with Crippen LogP contribution in [0.15, 0.2) is 30.7 Å². The lowest BCUT2D eigenvalue weighted by Crippen LogP contribution is -2.30. The number of carbonyl (C=O) groups is 1. The predicted molar refractivity (Wildman–Crippen MR) is 87.1 cm³/mol. The molecule has 6 heteroatoms. The molecule has 4 rings (SSSR count). The van der Waals surface area contributed by atoms with Crippen molar-refractivity contribution in [2.45, 2.75) is 37.8 Å². The highest BCUT2D eigenvalue weighted by Crippen LogP contribution is 2.33. The molecule has 6 nitrogen and oxygen atoms in total. The molecular weight excluding hydrogens is 290 g/mol. The van der Waals surface area contributed by atoms with Crippen LogP contribution in [0.1, 0.15) is 47.6 Å². The highest BCUT2D eigenvalue weighted by atomic mass is 16.2. The molecule has 1 amide bonds. The standard InChI is InChI=1S/C17H21N5O/c1-21-11-13(10-19-21)15-3-2-8-22(15)17(23)12-4-7-16(18-9-12)20-14-5-6-14/h4,7,9-11,14-15H,2-3,5-6,8H2,1H3,(H,18,20). The van der Waals surface area contributed by atoms with Gasteiger partial charge in [0, 0.05) is 37.6 Å². The van der Waals surface area contributed by atoms with Crippen molar-refractivity contribution < 1.29 is 4.79 Å². The predicted octanol–water partition coefficient (Wildman–Crippen LogP) is 2.37. The van der Waals surface area contributed by atoms with Crippen molar-refractivity contribution >= 4 is 11.7 Å². The molecule has 1 N–H and O–H groups in total. The first-order valence-electron chi connectivity index (χ1n) is 8.23. The number of carbonyl (C=O) groups excluding carboxylic acids is 1. The van der Waals surface area contributed by atoms with Gasteiger partial charge in [-0.25, -0.2) is 4.98 Å². The molecule has 0 radical (unpaired) electrons. The Labute approximate surface area is 135 Å². The second-order valence-corrected chi connectivity index (χ2v) is 6.45. The molecule has 2 fully saturated rings. The molecule has 2 aromatic rings. The second-order valence-electron chi connectivity index (χ2n) is 6.45. The summed E-state index contributed by atoms with van der Waals surface area (Å²) in [4.78, 5) is 19.1. The van der Waals surface area contributed by atoms with Crippen LogP contribution in [-0.2, 0) is 7.05 Å². The lowest BCUT2D eigenvalue weighted by Gasteiger charge is -2.24. The molecule has 2 aliphatic rings. The monoisotopic (exact) mass is 311 g/mol. The zero-order valence-electron chi connectivity index (χ0n) is 13.3. The molecule has 1 aliphatic carbocycles. The number of nitrogens with one attached hydrogen (secondary N) is 1. The molecule has 0 aromatic carbocycles. The topological polar surface area (TPSA) is 63.1 Å². The van der Waals surface area contributed by atoms with Crippen LogP contribution in [0.4, 0.5) is 5.82 Å². The van der Waals surface area contributed by atoms with Gasteiger partial charge < -0.3 is 10.2 Å². The number of anilines is 1. The summed E-state index contributed by atoms with van der Waals surface area (Å²) >= 11 is 0. The molecule has 1 aliphatic heterocycles. The SMILES string of the molecule is Cn1cc(C2CCCN2C(=O)c2ccc(NC3CC3)nc2)cn1. The van der Waals surface area contributed by atoms with Crippen molar-refractivity contribution in [3.63, 3.8) is 0 Å². The average molecular weight is 311 g/mol. The lowest BCUT2D eigenvalue weighted by atomic mass is 10.1. The highest BCUT2D eigenvalue weighted by molar-refractivity contribution is 5.94. The highest BCUT2D eigenvalue weighted by Gasteiger charge is 2.31. The van der Waals surface area contributed by atoms with E-state index in [1.807, 2.05) is 36.5 Å². The minimum atomic E-state index is 0.0572. The smallest absolute Gasteiger partial charge is 0.255 e. The maximum absolute atomic E-state index is 12.8. The van der Waals surface area contributed by atoms with Crippen LogP contribution >= 0.6 is 0 Å². The summed E-state index contributed by atoms with van der Waals surface area (Å²) in [6, 6.07) is 4.47. The summed E-state index contributed by atoms with van der Waals surface area (Å²) in [5.41, 5.74) is 1.76. The first-order chi connectivity index (χ1) is 11.2. The van der Waals surface area contributed by atoms with Crippen LogP contribution in [0.5, 0.6) is 0 Å². The number of aromatic nitrogens is 3. The minimum Gasteiger partial charge on any atom is -0.367 e. The molecule has 1 saturated carbocycles. The van der Waals surface area contributed by atoms with E-state index in [1.54, 1.807) is 10.9 Å². The molecule has 120 valence electrons. The van der Waals surface area contributed by atoms with Crippen molar-refractivity contribution in [2.75, 3.05) is 11.9 Å². The van der Waals surface area contributed by atoms with Gasteiger partial charge in [0.05, 0.1) is 17.8 Å². The van der Waals surface area contributed by atoms with Crippen LogP contribution in [0, 0.1) is 0 Å². The van der Waals surface area contributed by atoms with E-state index < -0.39 is 0 Å². The maximum Gasteiger partial charge on any atom is 0.255 e. The van der Waals surface area contributed by atoms with Gasteiger partial charge in [-0.05, 0) is 37.8 Å². The summed E-state index contributed by atoms with van der Waals surface area (Å²) in [5, 5.41) is 7.57. The Balaban J connectivity index is 1.50. The Kier molecular flexibility index (Phi) is 3.52. The fourth-order valence-corrected chi connectivity index (χ4v) is 3.18. The third-order valence-corrected chi connectivity index (χ3v) is 4.56. The quantitative estimate of drug-likeness (QED) is 0.941.